The predicted molar refractivity (Wildman–Crippen MR) is 192 cm³/mol. The van der Waals surface area contributed by atoms with Gasteiger partial charge in [-0.2, -0.15) is 15.8 Å². The summed E-state index contributed by atoms with van der Waals surface area (Å²) in [6.45, 7) is 0. The highest BCUT2D eigenvalue weighted by Crippen LogP contribution is 2.39. The fourth-order valence-corrected chi connectivity index (χ4v) is 6.41. The quantitative estimate of drug-likeness (QED) is 0.190. The Kier molecular flexibility index (Phi) is 7.20. The minimum atomic E-state index is 0.441. The Hall–Kier alpha value is -7.33. The van der Waals surface area contributed by atoms with Crippen LogP contribution in [0.25, 0.3) is 72.5 Å². The molecule has 0 unspecified atom stereocenters. The van der Waals surface area contributed by atoms with Crippen molar-refractivity contribution in [3.05, 3.63) is 162 Å². The van der Waals surface area contributed by atoms with Crippen molar-refractivity contribution in [2.75, 3.05) is 0 Å². The van der Waals surface area contributed by atoms with Gasteiger partial charge in [-0.05, 0) is 65.7 Å². The van der Waals surface area contributed by atoms with E-state index in [-0.39, 0.29) is 0 Å². The maximum Gasteiger partial charge on any atom is 0.162 e. The molecule has 0 amide bonds. The topological polar surface area (TPSA) is 102 Å². The van der Waals surface area contributed by atoms with Crippen LogP contribution in [0.3, 0.4) is 0 Å². The molecule has 0 spiro atoms. The Morgan fingerprint density at radius 3 is 1.69 bits per heavy atom. The van der Waals surface area contributed by atoms with Crippen LogP contribution in [0.5, 0.6) is 0 Å². The number of nitrogens with zero attached hydrogens (tertiary/aromatic N) is 6. The monoisotopic (exact) mass is 624 g/mol. The van der Waals surface area contributed by atoms with Gasteiger partial charge in [-0.15, -0.1) is 0 Å². The standard InChI is InChI=1S/C43H24N6/c44-25-28-15-18-34(33(21-28)27-46)32-17-20-41-37(23-32)35-13-7-8-14-40(35)49(41)42-22-29(26-45)16-19-36(42)43-47-38(30-9-3-1-4-10-30)24-39(48-43)31-11-5-2-6-12-31/h1-24H. The summed E-state index contributed by atoms with van der Waals surface area (Å²) in [5, 5.41) is 31.3. The van der Waals surface area contributed by atoms with Gasteiger partial charge in [-0.1, -0.05) is 91.0 Å². The number of rotatable bonds is 5. The zero-order valence-electron chi connectivity index (χ0n) is 26.0. The molecule has 0 atom stereocenters. The highest BCUT2D eigenvalue weighted by molar-refractivity contribution is 6.11. The molecule has 0 fully saturated rings. The highest BCUT2D eigenvalue weighted by Gasteiger charge is 2.20. The van der Waals surface area contributed by atoms with Gasteiger partial charge >= 0.3 is 0 Å². The maximum atomic E-state index is 10.0. The normalized spacial score (nSPS) is 10.8. The number of fused-ring (bicyclic) bond motifs is 3. The summed E-state index contributed by atoms with van der Waals surface area (Å²) in [5.74, 6) is 0.540. The van der Waals surface area contributed by atoms with E-state index in [2.05, 4.69) is 41.0 Å². The molecule has 49 heavy (non-hydrogen) atoms. The third kappa shape index (κ3) is 5.15. The van der Waals surface area contributed by atoms with Crippen LogP contribution in [-0.4, -0.2) is 14.5 Å². The predicted octanol–water partition coefficient (Wildman–Crippen LogP) is 9.86. The molecule has 2 aromatic heterocycles. The third-order valence-electron chi connectivity index (χ3n) is 8.73. The van der Waals surface area contributed by atoms with Crippen LogP contribution in [0.4, 0.5) is 0 Å². The summed E-state index contributed by atoms with van der Waals surface area (Å²) in [5.41, 5.74) is 9.99. The second-order valence-corrected chi connectivity index (χ2v) is 11.6. The lowest BCUT2D eigenvalue weighted by molar-refractivity contribution is 1.14. The zero-order chi connectivity index (χ0) is 33.3. The fraction of sp³-hybridized carbons (Fsp3) is 0. The molecule has 0 aliphatic heterocycles. The number of hydrogen-bond donors (Lipinski definition) is 0. The van der Waals surface area contributed by atoms with Gasteiger partial charge in [0.1, 0.15) is 0 Å². The molecule has 6 heteroatoms. The Morgan fingerprint density at radius 2 is 1.04 bits per heavy atom. The van der Waals surface area contributed by atoms with Crippen molar-refractivity contribution in [1.82, 2.24) is 14.5 Å². The molecular formula is C43H24N6. The number of benzene rings is 6. The van der Waals surface area contributed by atoms with Gasteiger partial charge in [-0.25, -0.2) is 9.97 Å². The molecule has 0 bridgehead atoms. The number of nitriles is 3. The number of hydrogen-bond acceptors (Lipinski definition) is 5. The summed E-state index contributed by atoms with van der Waals surface area (Å²) in [4.78, 5) is 10.2. The molecule has 0 saturated carbocycles. The van der Waals surface area contributed by atoms with E-state index in [9.17, 15) is 15.8 Å². The van der Waals surface area contributed by atoms with Crippen molar-refractivity contribution >= 4 is 21.8 Å². The van der Waals surface area contributed by atoms with Crippen LogP contribution in [0.2, 0.25) is 0 Å². The first-order valence-corrected chi connectivity index (χ1v) is 15.7. The van der Waals surface area contributed by atoms with Crippen molar-refractivity contribution in [2.45, 2.75) is 0 Å². The summed E-state index contributed by atoms with van der Waals surface area (Å²) in [7, 11) is 0. The molecule has 0 aliphatic carbocycles. The lowest BCUT2D eigenvalue weighted by atomic mass is 9.97. The molecule has 8 aromatic rings. The summed E-state index contributed by atoms with van der Waals surface area (Å²) >= 11 is 0. The average molecular weight is 625 g/mol. The molecule has 0 saturated heterocycles. The Bertz CT molecular complexity index is 2630. The lowest BCUT2D eigenvalue weighted by Gasteiger charge is -2.15. The first kappa shape index (κ1) is 29.1. The first-order chi connectivity index (χ1) is 24.1. The molecule has 6 aromatic carbocycles. The lowest BCUT2D eigenvalue weighted by Crippen LogP contribution is -2.02. The molecule has 6 nitrogen and oxygen atoms in total. The van der Waals surface area contributed by atoms with Crippen LogP contribution >= 0.6 is 0 Å². The van der Waals surface area contributed by atoms with E-state index in [4.69, 9.17) is 9.97 Å². The fourth-order valence-electron chi connectivity index (χ4n) is 6.41. The van der Waals surface area contributed by atoms with Gasteiger partial charge < -0.3 is 4.57 Å². The number of aromatic nitrogens is 3. The summed E-state index contributed by atoms with van der Waals surface area (Å²) < 4.78 is 2.16. The molecule has 0 aliphatic rings. The Labute approximate surface area is 282 Å². The average Bonchev–Trinajstić information content (AvgIpc) is 3.51. The smallest absolute Gasteiger partial charge is 0.162 e. The van der Waals surface area contributed by atoms with Crippen LogP contribution in [0, 0.1) is 34.0 Å². The van der Waals surface area contributed by atoms with Gasteiger partial charge in [-0.3, -0.25) is 0 Å². The van der Waals surface area contributed by atoms with Crippen LogP contribution in [0.15, 0.2) is 146 Å². The largest absolute Gasteiger partial charge is 0.308 e. The molecule has 0 N–H and O–H groups in total. The van der Waals surface area contributed by atoms with E-state index in [1.165, 1.54) is 0 Å². The molecule has 8 rings (SSSR count). The van der Waals surface area contributed by atoms with Crippen molar-refractivity contribution in [3.8, 4) is 68.9 Å². The van der Waals surface area contributed by atoms with Crippen molar-refractivity contribution in [1.29, 1.82) is 15.8 Å². The van der Waals surface area contributed by atoms with E-state index in [0.717, 1.165) is 66.7 Å². The minimum Gasteiger partial charge on any atom is -0.308 e. The van der Waals surface area contributed by atoms with E-state index >= 15 is 0 Å². The van der Waals surface area contributed by atoms with E-state index in [1.54, 1.807) is 18.2 Å². The second-order valence-electron chi connectivity index (χ2n) is 11.6. The molecule has 2 heterocycles. The SMILES string of the molecule is N#Cc1ccc(-c2ccc3c(c2)c2ccccc2n3-c2cc(C#N)ccc2-c2nc(-c3ccccc3)cc(-c3ccccc3)n2)c(C#N)c1. The van der Waals surface area contributed by atoms with Crippen molar-refractivity contribution < 1.29 is 0 Å². The minimum absolute atomic E-state index is 0.441. The van der Waals surface area contributed by atoms with Crippen LogP contribution in [0.1, 0.15) is 16.7 Å². The van der Waals surface area contributed by atoms with Crippen LogP contribution < -0.4 is 0 Å². The summed E-state index contributed by atoms with van der Waals surface area (Å²) in [6.07, 6.45) is 0. The zero-order valence-corrected chi connectivity index (χ0v) is 26.0. The molecule has 226 valence electrons. The van der Waals surface area contributed by atoms with E-state index in [0.29, 0.717) is 22.5 Å². The van der Waals surface area contributed by atoms with Crippen molar-refractivity contribution in [3.63, 3.8) is 0 Å². The maximum absolute atomic E-state index is 10.0. The highest BCUT2D eigenvalue weighted by atomic mass is 15.0. The van der Waals surface area contributed by atoms with Gasteiger partial charge in [0.2, 0.25) is 0 Å². The Morgan fingerprint density at radius 1 is 0.449 bits per heavy atom. The van der Waals surface area contributed by atoms with Gasteiger partial charge in [0.15, 0.2) is 5.82 Å². The second kappa shape index (κ2) is 12.1. The summed E-state index contributed by atoms with van der Waals surface area (Å²) in [6, 6.07) is 53.9. The van der Waals surface area contributed by atoms with Gasteiger partial charge in [0.25, 0.3) is 0 Å². The van der Waals surface area contributed by atoms with E-state index in [1.807, 2.05) is 109 Å². The van der Waals surface area contributed by atoms with Gasteiger partial charge in [0, 0.05) is 27.5 Å². The van der Waals surface area contributed by atoms with Crippen LogP contribution in [-0.2, 0) is 0 Å². The van der Waals surface area contributed by atoms with Crippen molar-refractivity contribution in [2.24, 2.45) is 0 Å². The third-order valence-corrected chi connectivity index (χ3v) is 8.73. The molecule has 0 radical (unpaired) electrons. The molecular weight excluding hydrogens is 601 g/mol. The van der Waals surface area contributed by atoms with Gasteiger partial charge in [0.05, 0.1) is 63.0 Å². The van der Waals surface area contributed by atoms with E-state index < -0.39 is 0 Å². The Balaban J connectivity index is 1.39. The number of para-hydroxylation sites is 1. The first-order valence-electron chi connectivity index (χ1n) is 15.7.